The van der Waals surface area contributed by atoms with E-state index < -0.39 is 0 Å². The van der Waals surface area contributed by atoms with Crippen molar-refractivity contribution in [2.45, 2.75) is 63.8 Å². The van der Waals surface area contributed by atoms with E-state index in [1.165, 1.54) is 70.9 Å². The molecule has 1 heterocycles. The standard InChI is InChI=1S/C14H29N3/c15-12-14(13-8-4-1-2-5-9-13)16-17-10-6-3-7-11-17/h13-14,16H,1-12,15H2. The molecule has 2 rings (SSSR count). The van der Waals surface area contributed by atoms with Gasteiger partial charge in [0.1, 0.15) is 0 Å². The normalized spacial score (nSPS) is 26.6. The summed E-state index contributed by atoms with van der Waals surface area (Å²) >= 11 is 0. The van der Waals surface area contributed by atoms with E-state index in [1.807, 2.05) is 0 Å². The van der Waals surface area contributed by atoms with Gasteiger partial charge in [-0.1, -0.05) is 32.1 Å². The van der Waals surface area contributed by atoms with Crippen LogP contribution < -0.4 is 11.2 Å². The topological polar surface area (TPSA) is 41.3 Å². The monoisotopic (exact) mass is 239 g/mol. The Balaban J connectivity index is 1.81. The van der Waals surface area contributed by atoms with Crippen molar-refractivity contribution in [3.8, 4) is 0 Å². The van der Waals surface area contributed by atoms with Gasteiger partial charge in [-0.2, -0.15) is 0 Å². The minimum atomic E-state index is 0.520. The Hall–Kier alpha value is -0.120. The van der Waals surface area contributed by atoms with Gasteiger partial charge in [-0.15, -0.1) is 0 Å². The average Bonchev–Trinajstić information content (AvgIpc) is 2.66. The molecule has 3 N–H and O–H groups in total. The zero-order valence-electron chi connectivity index (χ0n) is 11.2. The van der Waals surface area contributed by atoms with Crippen molar-refractivity contribution in [1.29, 1.82) is 0 Å². The van der Waals surface area contributed by atoms with Gasteiger partial charge < -0.3 is 5.73 Å². The van der Waals surface area contributed by atoms with Crippen molar-refractivity contribution in [1.82, 2.24) is 10.4 Å². The first kappa shape index (κ1) is 13.3. The molecule has 100 valence electrons. The van der Waals surface area contributed by atoms with E-state index in [1.54, 1.807) is 0 Å². The lowest BCUT2D eigenvalue weighted by Crippen LogP contribution is -2.52. The summed E-state index contributed by atoms with van der Waals surface area (Å²) in [5.41, 5.74) is 9.69. The van der Waals surface area contributed by atoms with Crippen LogP contribution in [0.1, 0.15) is 57.8 Å². The lowest BCUT2D eigenvalue weighted by Gasteiger charge is -2.34. The van der Waals surface area contributed by atoms with E-state index in [0.717, 1.165) is 12.5 Å². The summed E-state index contributed by atoms with van der Waals surface area (Å²) in [5.74, 6) is 0.810. The molecule has 1 atom stereocenters. The predicted molar refractivity (Wildman–Crippen MR) is 72.6 cm³/mol. The second-order valence-corrected chi connectivity index (χ2v) is 5.77. The first-order valence-electron chi connectivity index (χ1n) is 7.61. The number of piperidine rings is 1. The van der Waals surface area contributed by atoms with Gasteiger partial charge in [-0.25, -0.2) is 5.01 Å². The lowest BCUT2D eigenvalue weighted by molar-refractivity contribution is 0.105. The SMILES string of the molecule is NCC(NN1CCCCC1)C1CCCCCC1. The highest BCUT2D eigenvalue weighted by Gasteiger charge is 2.23. The Morgan fingerprint density at radius 2 is 1.53 bits per heavy atom. The second kappa shape index (κ2) is 7.34. The minimum absolute atomic E-state index is 0.520. The van der Waals surface area contributed by atoms with E-state index in [-0.39, 0.29) is 0 Å². The van der Waals surface area contributed by atoms with Gasteiger partial charge >= 0.3 is 0 Å². The van der Waals surface area contributed by atoms with Crippen LogP contribution in [0, 0.1) is 5.92 Å². The Bertz CT molecular complexity index is 194. The van der Waals surface area contributed by atoms with E-state index >= 15 is 0 Å². The van der Waals surface area contributed by atoms with Gasteiger partial charge in [0.25, 0.3) is 0 Å². The van der Waals surface area contributed by atoms with Crippen molar-refractivity contribution in [3.05, 3.63) is 0 Å². The van der Waals surface area contributed by atoms with Crippen LogP contribution in [0.4, 0.5) is 0 Å². The van der Waals surface area contributed by atoms with Gasteiger partial charge in [-0.05, 0) is 31.6 Å². The maximum Gasteiger partial charge on any atom is 0.0366 e. The van der Waals surface area contributed by atoms with E-state index in [2.05, 4.69) is 10.4 Å². The van der Waals surface area contributed by atoms with Crippen LogP contribution in [0.25, 0.3) is 0 Å². The third-order valence-corrected chi connectivity index (χ3v) is 4.43. The number of rotatable bonds is 4. The van der Waals surface area contributed by atoms with Crippen molar-refractivity contribution < 1.29 is 0 Å². The van der Waals surface area contributed by atoms with E-state index in [4.69, 9.17) is 5.73 Å². The van der Waals surface area contributed by atoms with Crippen LogP contribution in [0.15, 0.2) is 0 Å². The summed E-state index contributed by atoms with van der Waals surface area (Å²) in [6, 6.07) is 0.520. The number of hydrogen-bond donors (Lipinski definition) is 2. The predicted octanol–water partition coefficient (Wildman–Crippen LogP) is 2.27. The van der Waals surface area contributed by atoms with Crippen LogP contribution in [-0.4, -0.2) is 30.7 Å². The number of nitrogens with zero attached hydrogens (tertiary/aromatic N) is 1. The van der Waals surface area contributed by atoms with Gasteiger partial charge in [0.05, 0.1) is 0 Å². The van der Waals surface area contributed by atoms with Crippen LogP contribution >= 0.6 is 0 Å². The summed E-state index contributed by atoms with van der Waals surface area (Å²) < 4.78 is 0. The summed E-state index contributed by atoms with van der Waals surface area (Å²) in [5, 5.41) is 2.42. The van der Waals surface area contributed by atoms with Gasteiger partial charge in [0.2, 0.25) is 0 Å². The van der Waals surface area contributed by atoms with Crippen molar-refractivity contribution >= 4 is 0 Å². The van der Waals surface area contributed by atoms with Crippen molar-refractivity contribution in [2.24, 2.45) is 11.7 Å². The summed E-state index contributed by atoms with van der Waals surface area (Å²) in [7, 11) is 0. The van der Waals surface area contributed by atoms with Gasteiger partial charge in [0, 0.05) is 25.7 Å². The molecule has 2 fully saturated rings. The molecule has 3 heteroatoms. The lowest BCUT2D eigenvalue weighted by atomic mass is 9.92. The first-order valence-corrected chi connectivity index (χ1v) is 7.61. The molecule has 2 aliphatic rings. The van der Waals surface area contributed by atoms with Crippen LogP contribution in [-0.2, 0) is 0 Å². The molecule has 1 unspecified atom stereocenters. The van der Waals surface area contributed by atoms with Crippen LogP contribution in [0.5, 0.6) is 0 Å². The molecule has 0 aromatic heterocycles. The number of nitrogens with one attached hydrogen (secondary N) is 1. The molecule has 0 aromatic rings. The second-order valence-electron chi connectivity index (χ2n) is 5.77. The first-order chi connectivity index (χ1) is 8.40. The van der Waals surface area contributed by atoms with E-state index in [9.17, 15) is 0 Å². The maximum atomic E-state index is 5.98. The fourth-order valence-electron chi connectivity index (χ4n) is 3.32. The molecule has 0 amide bonds. The zero-order chi connectivity index (χ0) is 11.9. The fraction of sp³-hybridized carbons (Fsp3) is 1.00. The molecule has 1 aliphatic heterocycles. The highest BCUT2D eigenvalue weighted by atomic mass is 15.5. The molecule has 0 bridgehead atoms. The molecule has 17 heavy (non-hydrogen) atoms. The van der Waals surface area contributed by atoms with Crippen LogP contribution in [0.3, 0.4) is 0 Å². The van der Waals surface area contributed by atoms with Crippen molar-refractivity contribution in [2.75, 3.05) is 19.6 Å². The zero-order valence-corrected chi connectivity index (χ0v) is 11.2. The highest BCUT2D eigenvalue weighted by molar-refractivity contribution is 4.79. The Morgan fingerprint density at radius 3 is 2.12 bits per heavy atom. The smallest absolute Gasteiger partial charge is 0.0366 e. The number of hydrogen-bond acceptors (Lipinski definition) is 3. The third-order valence-electron chi connectivity index (χ3n) is 4.43. The molecule has 1 saturated heterocycles. The van der Waals surface area contributed by atoms with Crippen molar-refractivity contribution in [3.63, 3.8) is 0 Å². The minimum Gasteiger partial charge on any atom is -0.329 e. The maximum absolute atomic E-state index is 5.98. The summed E-state index contributed by atoms with van der Waals surface area (Å²) in [6.07, 6.45) is 12.5. The molecule has 1 saturated carbocycles. The van der Waals surface area contributed by atoms with Crippen LogP contribution in [0.2, 0.25) is 0 Å². The highest BCUT2D eigenvalue weighted by Crippen LogP contribution is 2.25. The largest absolute Gasteiger partial charge is 0.329 e. The summed E-state index contributed by atoms with van der Waals surface area (Å²) in [6.45, 7) is 3.22. The Kier molecular flexibility index (Phi) is 5.75. The van der Waals surface area contributed by atoms with Gasteiger partial charge in [0.15, 0.2) is 0 Å². The molecular weight excluding hydrogens is 210 g/mol. The molecule has 3 nitrogen and oxygen atoms in total. The molecule has 0 spiro atoms. The summed E-state index contributed by atoms with van der Waals surface area (Å²) in [4.78, 5) is 0. The number of hydrazine groups is 1. The average molecular weight is 239 g/mol. The van der Waals surface area contributed by atoms with E-state index in [0.29, 0.717) is 6.04 Å². The number of nitrogens with two attached hydrogens (primary N) is 1. The Morgan fingerprint density at radius 1 is 0.941 bits per heavy atom. The third kappa shape index (κ3) is 4.23. The molecular formula is C14H29N3. The van der Waals surface area contributed by atoms with Gasteiger partial charge in [-0.3, -0.25) is 5.43 Å². The Labute approximate surface area is 106 Å². The fourth-order valence-corrected chi connectivity index (χ4v) is 3.32. The quantitative estimate of drug-likeness (QED) is 0.740. The molecule has 0 aromatic carbocycles. The molecule has 0 radical (unpaired) electrons. The molecule has 1 aliphatic carbocycles.